The molecule has 8 heteroatoms. The van der Waals surface area contributed by atoms with Crippen LogP contribution in [0.3, 0.4) is 0 Å². The predicted octanol–water partition coefficient (Wildman–Crippen LogP) is 4.03. The molecule has 0 saturated heterocycles. The third kappa shape index (κ3) is 3.76. The Hall–Kier alpha value is -1.10. The summed E-state index contributed by atoms with van der Waals surface area (Å²) in [7, 11) is -2.08. The van der Waals surface area contributed by atoms with Crippen molar-refractivity contribution in [2.45, 2.75) is 37.4 Å². The Balaban J connectivity index is 3.41. The van der Waals surface area contributed by atoms with Crippen molar-refractivity contribution in [2.75, 3.05) is 0 Å². The molecule has 0 aliphatic rings. The topological polar surface area (TPSA) is 33.5 Å². The monoisotopic (exact) mass is 338 g/mol. The van der Waals surface area contributed by atoms with Gasteiger partial charge >= 0.3 is 11.8 Å². The molecule has 1 aromatic carbocycles. The van der Waals surface area contributed by atoms with Crippen LogP contribution >= 0.6 is 11.6 Å². The fraction of sp³-hybridized carbons (Fsp3) is 0.462. The van der Waals surface area contributed by atoms with E-state index in [1.165, 1.54) is 32.9 Å². The number of alkyl halides is 3. The molecule has 0 spiro atoms. The molecule has 0 amide bonds. The Kier molecular flexibility index (Phi) is 5.09. The SMILES string of the molecule is [C-]#[N+][C@@](N[S@](=O)C(C)(C)C)(c1ccc(Cl)cc1)C(F)(F)F. The van der Waals surface area contributed by atoms with E-state index in [0.29, 0.717) is 0 Å². The summed E-state index contributed by atoms with van der Waals surface area (Å²) in [5.74, 6) is 0. The van der Waals surface area contributed by atoms with Crippen LogP contribution in [0.15, 0.2) is 24.3 Å². The van der Waals surface area contributed by atoms with Crippen molar-refractivity contribution >= 4 is 22.6 Å². The molecule has 116 valence electrons. The number of halogens is 4. The molecule has 1 rings (SSSR count). The van der Waals surface area contributed by atoms with Crippen LogP contribution in [0, 0.1) is 6.57 Å². The van der Waals surface area contributed by atoms with Crippen molar-refractivity contribution in [1.29, 1.82) is 0 Å². The lowest BCUT2D eigenvalue weighted by Crippen LogP contribution is -2.54. The molecule has 0 radical (unpaired) electrons. The standard InChI is InChI=1S/C13H14ClF3N2OS/c1-11(2,3)21(20)19-12(18-4,13(15,16)17)9-5-7-10(14)8-6-9/h5-8,19H,1-3H3/t12-,21-/m1/s1. The maximum Gasteiger partial charge on any atom is 0.491 e. The lowest BCUT2D eigenvalue weighted by atomic mass is 10.0. The first-order valence-corrected chi connectivity index (χ1v) is 7.38. The molecule has 0 heterocycles. The van der Waals surface area contributed by atoms with Crippen molar-refractivity contribution < 1.29 is 17.4 Å². The molecule has 1 N–H and O–H groups in total. The maximum atomic E-state index is 13.5. The number of hydrogen-bond donors (Lipinski definition) is 1. The summed E-state index contributed by atoms with van der Waals surface area (Å²) in [4.78, 5) is 2.72. The minimum absolute atomic E-state index is 0.247. The highest BCUT2D eigenvalue weighted by atomic mass is 35.5. The number of benzene rings is 1. The van der Waals surface area contributed by atoms with Gasteiger partial charge in [0.15, 0.2) is 0 Å². The van der Waals surface area contributed by atoms with Crippen molar-refractivity contribution in [3.05, 3.63) is 46.3 Å². The summed E-state index contributed by atoms with van der Waals surface area (Å²) >= 11 is 5.66. The zero-order valence-electron chi connectivity index (χ0n) is 11.6. The van der Waals surface area contributed by atoms with E-state index in [1.807, 2.05) is 4.72 Å². The molecule has 3 nitrogen and oxygen atoms in total. The molecule has 0 aromatic heterocycles. The molecule has 0 unspecified atom stereocenters. The molecule has 0 aliphatic heterocycles. The van der Waals surface area contributed by atoms with Gasteiger partial charge in [0, 0.05) is 5.02 Å². The van der Waals surface area contributed by atoms with E-state index in [9.17, 15) is 17.4 Å². The molecule has 0 fully saturated rings. The lowest BCUT2D eigenvalue weighted by Gasteiger charge is -2.28. The van der Waals surface area contributed by atoms with Crippen LogP contribution in [-0.2, 0) is 16.6 Å². The highest BCUT2D eigenvalue weighted by Crippen LogP contribution is 2.41. The molecule has 0 saturated carbocycles. The molecular weight excluding hydrogens is 325 g/mol. The Morgan fingerprint density at radius 2 is 1.67 bits per heavy atom. The van der Waals surface area contributed by atoms with E-state index < -0.39 is 27.6 Å². The Morgan fingerprint density at radius 3 is 2.00 bits per heavy atom. The van der Waals surface area contributed by atoms with Gasteiger partial charge in [0.05, 0.1) is 10.3 Å². The Bertz CT molecular complexity index is 575. The Morgan fingerprint density at radius 1 is 1.19 bits per heavy atom. The summed E-state index contributed by atoms with van der Waals surface area (Å²) in [6.07, 6.45) is -4.94. The van der Waals surface area contributed by atoms with Crippen LogP contribution in [0.1, 0.15) is 26.3 Å². The van der Waals surface area contributed by atoms with Gasteiger partial charge in [-0.05, 0) is 45.0 Å². The van der Waals surface area contributed by atoms with Crippen molar-refractivity contribution in [3.8, 4) is 0 Å². The fourth-order valence-corrected chi connectivity index (χ4v) is 2.39. The van der Waals surface area contributed by atoms with E-state index in [0.717, 1.165) is 12.1 Å². The van der Waals surface area contributed by atoms with Gasteiger partial charge in [0.25, 0.3) is 0 Å². The number of nitrogens with one attached hydrogen (secondary N) is 1. The molecule has 0 bridgehead atoms. The first kappa shape index (κ1) is 18.0. The van der Waals surface area contributed by atoms with Gasteiger partial charge in [-0.1, -0.05) is 11.6 Å². The summed E-state index contributed by atoms with van der Waals surface area (Å²) < 4.78 is 53.5. The highest BCUT2D eigenvalue weighted by molar-refractivity contribution is 7.84. The maximum absolute atomic E-state index is 13.5. The average Bonchev–Trinajstić information content (AvgIpc) is 2.34. The normalized spacial score (nSPS) is 16.9. The molecule has 1 aromatic rings. The summed E-state index contributed by atoms with van der Waals surface area (Å²) in [6.45, 7) is 11.6. The van der Waals surface area contributed by atoms with Gasteiger partial charge in [-0.15, -0.1) is 4.72 Å². The minimum atomic E-state index is -4.94. The van der Waals surface area contributed by atoms with Crippen LogP contribution in [0.4, 0.5) is 13.2 Å². The number of nitrogens with zero attached hydrogens (tertiary/aromatic N) is 1. The molecule has 2 atom stereocenters. The van der Waals surface area contributed by atoms with Crippen LogP contribution in [0.25, 0.3) is 4.85 Å². The third-order valence-corrected chi connectivity index (χ3v) is 4.48. The smallest absolute Gasteiger partial charge is 0.276 e. The second-order valence-corrected chi connectivity index (χ2v) is 7.71. The van der Waals surface area contributed by atoms with Gasteiger partial charge in [-0.25, -0.2) is 10.8 Å². The minimum Gasteiger partial charge on any atom is -0.276 e. The van der Waals surface area contributed by atoms with Crippen molar-refractivity contribution in [1.82, 2.24) is 4.72 Å². The van der Waals surface area contributed by atoms with E-state index in [2.05, 4.69) is 4.85 Å². The van der Waals surface area contributed by atoms with Gasteiger partial charge in [0.2, 0.25) is 0 Å². The number of rotatable bonds is 3. The van der Waals surface area contributed by atoms with Crippen LogP contribution < -0.4 is 4.72 Å². The van der Waals surface area contributed by atoms with Crippen molar-refractivity contribution in [3.63, 3.8) is 0 Å². The van der Waals surface area contributed by atoms with Crippen LogP contribution in [0.2, 0.25) is 5.02 Å². The van der Waals surface area contributed by atoms with Gasteiger partial charge < -0.3 is 0 Å². The lowest BCUT2D eigenvalue weighted by molar-refractivity contribution is -0.180. The molecule has 0 aliphatic carbocycles. The fourth-order valence-electron chi connectivity index (χ4n) is 1.41. The van der Waals surface area contributed by atoms with E-state index >= 15 is 0 Å². The van der Waals surface area contributed by atoms with Gasteiger partial charge in [-0.2, -0.15) is 13.2 Å². The largest absolute Gasteiger partial charge is 0.491 e. The van der Waals surface area contributed by atoms with E-state index in [1.54, 1.807) is 0 Å². The Labute approximate surface area is 128 Å². The van der Waals surface area contributed by atoms with Gasteiger partial charge in [0.1, 0.15) is 11.0 Å². The van der Waals surface area contributed by atoms with Crippen LogP contribution in [-0.4, -0.2) is 15.1 Å². The zero-order valence-corrected chi connectivity index (χ0v) is 13.2. The second kappa shape index (κ2) is 5.95. The third-order valence-electron chi connectivity index (χ3n) is 2.64. The first-order valence-electron chi connectivity index (χ1n) is 5.85. The first-order chi connectivity index (χ1) is 9.44. The summed E-state index contributed by atoms with van der Waals surface area (Å²) in [6, 6.07) is 4.70. The predicted molar refractivity (Wildman–Crippen MR) is 76.8 cm³/mol. The van der Waals surface area contributed by atoms with E-state index in [-0.39, 0.29) is 10.6 Å². The van der Waals surface area contributed by atoms with E-state index in [4.69, 9.17) is 18.2 Å². The van der Waals surface area contributed by atoms with Gasteiger partial charge in [-0.3, -0.25) is 4.85 Å². The quantitative estimate of drug-likeness (QED) is 0.829. The summed E-state index contributed by atoms with van der Waals surface area (Å²) in [5, 5.41) is 0.247. The average molecular weight is 339 g/mol. The molecule has 21 heavy (non-hydrogen) atoms. The summed E-state index contributed by atoms with van der Waals surface area (Å²) in [5.41, 5.74) is -3.43. The second-order valence-electron chi connectivity index (χ2n) is 5.31. The highest BCUT2D eigenvalue weighted by Gasteiger charge is 2.65. The van der Waals surface area contributed by atoms with Crippen LogP contribution in [0.5, 0.6) is 0 Å². The molecular formula is C13H14ClF3N2OS. The zero-order chi connectivity index (χ0) is 16.5. The van der Waals surface area contributed by atoms with Crippen molar-refractivity contribution in [2.24, 2.45) is 0 Å². The number of hydrogen-bond acceptors (Lipinski definition) is 1.